The summed E-state index contributed by atoms with van der Waals surface area (Å²) in [5.74, 6) is -0.302. The Bertz CT molecular complexity index is 415. The molecule has 1 rings (SSSR count). The second-order valence-electron chi connectivity index (χ2n) is 3.00. The van der Waals surface area contributed by atoms with Gasteiger partial charge in [-0.1, -0.05) is 0 Å². The number of aromatic amines is 1. The molecule has 0 aliphatic rings. The van der Waals surface area contributed by atoms with Crippen LogP contribution in [0.25, 0.3) is 0 Å². The number of rotatable bonds is 2. The van der Waals surface area contributed by atoms with E-state index >= 15 is 0 Å². The van der Waals surface area contributed by atoms with E-state index in [-0.39, 0.29) is 12.5 Å². The van der Waals surface area contributed by atoms with Gasteiger partial charge in [-0.3, -0.25) is 14.2 Å². The molecule has 0 saturated heterocycles. The first-order valence-corrected chi connectivity index (χ1v) is 4.01. The number of hydrogen-bond acceptors (Lipinski definition) is 3. The first-order valence-electron chi connectivity index (χ1n) is 4.01. The van der Waals surface area contributed by atoms with E-state index < -0.39 is 11.2 Å². The van der Waals surface area contributed by atoms with Crippen molar-refractivity contribution in [1.29, 1.82) is 0 Å². The first-order chi connectivity index (χ1) is 6.52. The highest BCUT2D eigenvalue weighted by molar-refractivity contribution is 5.75. The van der Waals surface area contributed by atoms with Gasteiger partial charge in [0, 0.05) is 26.4 Å². The highest BCUT2D eigenvalue weighted by Crippen LogP contribution is 1.80. The molecule has 0 fully saturated rings. The van der Waals surface area contributed by atoms with Crippen molar-refractivity contribution in [2.45, 2.75) is 6.54 Å². The van der Waals surface area contributed by atoms with Gasteiger partial charge in [-0.05, 0) is 0 Å². The average molecular weight is 197 g/mol. The molecule has 14 heavy (non-hydrogen) atoms. The van der Waals surface area contributed by atoms with Crippen LogP contribution >= 0.6 is 0 Å². The van der Waals surface area contributed by atoms with Crippen LogP contribution in [0.15, 0.2) is 21.9 Å². The van der Waals surface area contributed by atoms with Crippen LogP contribution in [0.3, 0.4) is 0 Å². The van der Waals surface area contributed by atoms with Gasteiger partial charge in [0.2, 0.25) is 5.91 Å². The summed E-state index contributed by atoms with van der Waals surface area (Å²) < 4.78 is 0.850. The summed E-state index contributed by atoms with van der Waals surface area (Å²) in [6, 6.07) is 1.20. The zero-order valence-electron chi connectivity index (χ0n) is 7.98. The molecule has 0 spiro atoms. The number of H-pyrrole nitrogens is 1. The minimum Gasteiger partial charge on any atom is -0.347 e. The molecular weight excluding hydrogens is 186 g/mol. The van der Waals surface area contributed by atoms with Crippen LogP contribution in [0.5, 0.6) is 0 Å². The Hall–Kier alpha value is -1.85. The molecule has 1 heterocycles. The molecular formula is C8H11N3O3. The van der Waals surface area contributed by atoms with Crippen molar-refractivity contribution in [3.63, 3.8) is 0 Å². The van der Waals surface area contributed by atoms with Gasteiger partial charge in [-0.15, -0.1) is 0 Å². The predicted octanol–water partition coefficient (Wildman–Crippen LogP) is -1.38. The van der Waals surface area contributed by atoms with Crippen LogP contribution in [0, 0.1) is 0 Å². The average Bonchev–Trinajstić information content (AvgIpc) is 2.11. The smallest absolute Gasteiger partial charge is 0.328 e. The molecule has 1 N–H and O–H groups in total. The van der Waals surface area contributed by atoms with Gasteiger partial charge in [-0.25, -0.2) is 4.79 Å². The summed E-state index contributed by atoms with van der Waals surface area (Å²) in [7, 11) is 3.12. The van der Waals surface area contributed by atoms with E-state index in [9.17, 15) is 14.4 Å². The Kier molecular flexibility index (Phi) is 2.85. The Morgan fingerprint density at radius 1 is 1.50 bits per heavy atom. The molecule has 6 nitrogen and oxygen atoms in total. The van der Waals surface area contributed by atoms with Gasteiger partial charge in [0.25, 0.3) is 5.56 Å². The molecule has 0 bridgehead atoms. The van der Waals surface area contributed by atoms with E-state index in [1.165, 1.54) is 17.2 Å². The van der Waals surface area contributed by atoms with E-state index in [1.807, 2.05) is 0 Å². The number of hydrogen-bond donors (Lipinski definition) is 1. The number of aromatic nitrogens is 2. The Balaban J connectivity index is 3.04. The second-order valence-corrected chi connectivity index (χ2v) is 3.00. The zero-order chi connectivity index (χ0) is 10.7. The summed E-state index contributed by atoms with van der Waals surface area (Å²) in [5, 5.41) is 0. The zero-order valence-corrected chi connectivity index (χ0v) is 7.98. The van der Waals surface area contributed by atoms with Gasteiger partial charge in [0.1, 0.15) is 6.54 Å². The molecule has 0 unspecified atom stereocenters. The van der Waals surface area contributed by atoms with Crippen LogP contribution < -0.4 is 11.2 Å². The lowest BCUT2D eigenvalue weighted by Crippen LogP contribution is -2.39. The summed E-state index contributed by atoms with van der Waals surface area (Å²) in [6.45, 7) is -0.234. The highest BCUT2D eigenvalue weighted by atomic mass is 16.2. The largest absolute Gasteiger partial charge is 0.347 e. The SMILES string of the molecule is CN(C)C(=O)Cn1c(=O)cc[nH]c1=O. The van der Waals surface area contributed by atoms with E-state index in [0.717, 1.165) is 4.57 Å². The third-order valence-electron chi connectivity index (χ3n) is 1.74. The summed E-state index contributed by atoms with van der Waals surface area (Å²) in [4.78, 5) is 37.2. The summed E-state index contributed by atoms with van der Waals surface area (Å²) >= 11 is 0. The van der Waals surface area contributed by atoms with E-state index in [1.54, 1.807) is 14.1 Å². The van der Waals surface area contributed by atoms with Gasteiger partial charge in [-0.2, -0.15) is 0 Å². The Morgan fingerprint density at radius 2 is 2.14 bits per heavy atom. The monoisotopic (exact) mass is 197 g/mol. The lowest BCUT2D eigenvalue weighted by atomic mass is 10.5. The lowest BCUT2D eigenvalue weighted by molar-refractivity contribution is -0.129. The fourth-order valence-corrected chi connectivity index (χ4v) is 0.879. The first kappa shape index (κ1) is 10.2. The Morgan fingerprint density at radius 3 is 2.64 bits per heavy atom. The molecule has 0 saturated carbocycles. The number of carbonyl (C=O) groups is 1. The van der Waals surface area contributed by atoms with Gasteiger partial charge < -0.3 is 9.88 Å². The minimum absolute atomic E-state index is 0.234. The van der Waals surface area contributed by atoms with Crippen LogP contribution in [0.2, 0.25) is 0 Å². The number of amides is 1. The van der Waals surface area contributed by atoms with E-state index in [4.69, 9.17) is 0 Å². The normalized spacial score (nSPS) is 9.86. The molecule has 0 aliphatic carbocycles. The van der Waals surface area contributed by atoms with Crippen LogP contribution in [-0.2, 0) is 11.3 Å². The number of likely N-dealkylation sites (N-methyl/N-ethyl adjacent to an activating group) is 1. The fourth-order valence-electron chi connectivity index (χ4n) is 0.879. The van der Waals surface area contributed by atoms with E-state index in [0.29, 0.717) is 0 Å². The Labute approximate surface area is 79.8 Å². The number of carbonyl (C=O) groups excluding carboxylic acids is 1. The van der Waals surface area contributed by atoms with Crippen molar-refractivity contribution in [3.8, 4) is 0 Å². The molecule has 76 valence electrons. The maximum absolute atomic E-state index is 11.2. The topological polar surface area (TPSA) is 75.2 Å². The van der Waals surface area contributed by atoms with Gasteiger partial charge >= 0.3 is 5.69 Å². The molecule has 0 aliphatic heterocycles. The molecule has 0 atom stereocenters. The van der Waals surface area contributed by atoms with Crippen LogP contribution in [0.4, 0.5) is 0 Å². The summed E-state index contributed by atoms with van der Waals surface area (Å²) in [6.07, 6.45) is 1.25. The summed E-state index contributed by atoms with van der Waals surface area (Å²) in [5.41, 5.74) is -1.06. The lowest BCUT2D eigenvalue weighted by Gasteiger charge is -2.10. The highest BCUT2D eigenvalue weighted by Gasteiger charge is 2.08. The van der Waals surface area contributed by atoms with Gasteiger partial charge in [0.15, 0.2) is 0 Å². The van der Waals surface area contributed by atoms with E-state index in [2.05, 4.69) is 4.98 Å². The van der Waals surface area contributed by atoms with Gasteiger partial charge in [0.05, 0.1) is 0 Å². The molecule has 6 heteroatoms. The standard InChI is InChI=1S/C8H11N3O3/c1-10(2)7(13)5-11-6(12)3-4-9-8(11)14/h3-4H,5H2,1-2H3,(H,9,14). The van der Waals surface area contributed by atoms with Crippen molar-refractivity contribution in [2.75, 3.05) is 14.1 Å². The molecule has 1 aromatic heterocycles. The number of nitrogens with zero attached hydrogens (tertiary/aromatic N) is 2. The quantitative estimate of drug-likeness (QED) is 0.635. The molecule has 0 aromatic carbocycles. The number of nitrogens with one attached hydrogen (secondary N) is 1. The second kappa shape index (κ2) is 3.91. The van der Waals surface area contributed by atoms with Crippen LogP contribution in [-0.4, -0.2) is 34.5 Å². The third-order valence-corrected chi connectivity index (χ3v) is 1.74. The van der Waals surface area contributed by atoms with Crippen molar-refractivity contribution < 1.29 is 4.79 Å². The van der Waals surface area contributed by atoms with Crippen molar-refractivity contribution in [3.05, 3.63) is 33.1 Å². The maximum Gasteiger partial charge on any atom is 0.328 e. The van der Waals surface area contributed by atoms with Crippen molar-refractivity contribution >= 4 is 5.91 Å². The minimum atomic E-state index is -0.576. The fraction of sp³-hybridized carbons (Fsp3) is 0.375. The van der Waals surface area contributed by atoms with Crippen LogP contribution in [0.1, 0.15) is 0 Å². The molecule has 1 amide bonds. The third kappa shape index (κ3) is 2.09. The maximum atomic E-state index is 11.2. The predicted molar refractivity (Wildman–Crippen MR) is 50.0 cm³/mol. The molecule has 1 aromatic rings. The molecule has 0 radical (unpaired) electrons. The van der Waals surface area contributed by atoms with Crippen molar-refractivity contribution in [2.24, 2.45) is 0 Å². The van der Waals surface area contributed by atoms with Crippen molar-refractivity contribution in [1.82, 2.24) is 14.5 Å².